The predicted octanol–water partition coefficient (Wildman–Crippen LogP) is 1.43. The van der Waals surface area contributed by atoms with Crippen LogP contribution in [-0.4, -0.2) is 37.5 Å². The maximum absolute atomic E-state index is 11.2. The van der Waals surface area contributed by atoms with E-state index < -0.39 is 10.7 Å². The van der Waals surface area contributed by atoms with Crippen LogP contribution in [0, 0.1) is 6.92 Å². The third-order valence-corrected chi connectivity index (χ3v) is 4.79. The molecule has 1 atom stereocenters. The lowest BCUT2D eigenvalue weighted by molar-refractivity contribution is -0.139. The Morgan fingerprint density at radius 1 is 1.67 bits per heavy atom. The van der Waals surface area contributed by atoms with Crippen LogP contribution < -0.4 is 0 Å². The first kappa shape index (κ1) is 10.8. The molecular formula is C8H10N2O3S2. The molecule has 1 N–H and O–H groups in total. The molecule has 0 aromatic carbocycles. The number of aryl methyl sites for hydroxylation is 1. The number of carboxylic acid groups (broad SMARTS) is 1. The number of aromatic nitrogens is 2. The van der Waals surface area contributed by atoms with Crippen molar-refractivity contribution in [3.05, 3.63) is 5.89 Å². The lowest BCUT2D eigenvalue weighted by Gasteiger charge is -2.19. The fourth-order valence-electron chi connectivity index (χ4n) is 1.33. The van der Waals surface area contributed by atoms with Gasteiger partial charge in [-0.2, -0.15) is 11.8 Å². The first-order valence-corrected chi connectivity index (χ1v) is 6.40. The van der Waals surface area contributed by atoms with E-state index in [-0.39, 0.29) is 0 Å². The largest absolute Gasteiger partial charge is 0.480 e. The molecule has 1 unspecified atom stereocenters. The van der Waals surface area contributed by atoms with Gasteiger partial charge in [0.15, 0.2) is 0 Å². The molecule has 1 aliphatic heterocycles. The number of thioether (sulfide) groups is 2. The molecule has 2 rings (SSSR count). The summed E-state index contributed by atoms with van der Waals surface area (Å²) in [5.74, 6) is 1.12. The molecule has 0 radical (unpaired) electrons. The number of carboxylic acids is 1. The number of rotatable bonds is 3. The highest BCUT2D eigenvalue weighted by molar-refractivity contribution is 8.05. The van der Waals surface area contributed by atoms with Crippen molar-refractivity contribution in [1.29, 1.82) is 0 Å². The fourth-order valence-corrected chi connectivity index (χ4v) is 4.05. The molecule has 0 saturated carbocycles. The number of nitrogens with zero attached hydrogens (tertiary/aromatic N) is 2. The Hall–Kier alpha value is -0.690. The summed E-state index contributed by atoms with van der Waals surface area (Å²) >= 11 is 2.81. The first-order valence-electron chi connectivity index (χ1n) is 4.43. The summed E-state index contributed by atoms with van der Waals surface area (Å²) in [6, 6.07) is 0. The second-order valence-electron chi connectivity index (χ2n) is 3.29. The van der Waals surface area contributed by atoms with E-state index in [1.165, 1.54) is 11.8 Å². The van der Waals surface area contributed by atoms with E-state index in [4.69, 9.17) is 4.42 Å². The SMILES string of the molecule is Cc1nnc(SC2(C(=O)O)CCSC2)o1. The lowest BCUT2D eigenvalue weighted by Crippen LogP contribution is -2.34. The maximum atomic E-state index is 11.2. The van der Waals surface area contributed by atoms with Gasteiger partial charge in [-0.3, -0.25) is 4.79 Å². The van der Waals surface area contributed by atoms with E-state index >= 15 is 0 Å². The van der Waals surface area contributed by atoms with Gasteiger partial charge in [0, 0.05) is 12.7 Å². The smallest absolute Gasteiger partial charge is 0.321 e. The second-order valence-corrected chi connectivity index (χ2v) is 5.73. The van der Waals surface area contributed by atoms with E-state index in [9.17, 15) is 9.90 Å². The van der Waals surface area contributed by atoms with Gasteiger partial charge in [0.25, 0.3) is 5.22 Å². The number of hydrogen-bond donors (Lipinski definition) is 1. The highest BCUT2D eigenvalue weighted by Gasteiger charge is 2.44. The van der Waals surface area contributed by atoms with Crippen LogP contribution >= 0.6 is 23.5 Å². The average molecular weight is 246 g/mol. The third-order valence-electron chi connectivity index (χ3n) is 2.17. The summed E-state index contributed by atoms with van der Waals surface area (Å²) < 4.78 is 4.40. The molecule has 1 aromatic heterocycles. The van der Waals surface area contributed by atoms with E-state index in [1.54, 1.807) is 18.7 Å². The Morgan fingerprint density at radius 3 is 2.93 bits per heavy atom. The zero-order valence-electron chi connectivity index (χ0n) is 8.10. The van der Waals surface area contributed by atoms with Crippen molar-refractivity contribution in [2.45, 2.75) is 23.3 Å². The number of hydrogen-bond acceptors (Lipinski definition) is 6. The summed E-state index contributed by atoms with van der Waals surface area (Å²) in [6.45, 7) is 1.69. The molecule has 1 saturated heterocycles. The highest BCUT2D eigenvalue weighted by atomic mass is 32.2. The maximum Gasteiger partial charge on any atom is 0.321 e. The van der Waals surface area contributed by atoms with Gasteiger partial charge in [-0.15, -0.1) is 10.2 Å². The second kappa shape index (κ2) is 4.05. The topological polar surface area (TPSA) is 76.2 Å². The molecule has 5 nitrogen and oxygen atoms in total. The number of aliphatic carboxylic acids is 1. The molecule has 0 aliphatic carbocycles. The summed E-state index contributed by atoms with van der Waals surface area (Å²) in [7, 11) is 0. The average Bonchev–Trinajstić information content (AvgIpc) is 2.77. The van der Waals surface area contributed by atoms with Gasteiger partial charge in [-0.25, -0.2) is 0 Å². The molecule has 1 aromatic rings. The van der Waals surface area contributed by atoms with Crippen LogP contribution in [0.5, 0.6) is 0 Å². The normalized spacial score (nSPS) is 25.7. The molecule has 15 heavy (non-hydrogen) atoms. The molecular weight excluding hydrogens is 236 g/mol. The van der Waals surface area contributed by atoms with Crippen molar-refractivity contribution in [3.8, 4) is 0 Å². The molecule has 1 aliphatic rings. The molecule has 82 valence electrons. The molecule has 7 heteroatoms. The summed E-state index contributed by atoms with van der Waals surface area (Å²) in [4.78, 5) is 11.2. The van der Waals surface area contributed by atoms with Gasteiger partial charge in [0.1, 0.15) is 4.75 Å². The van der Waals surface area contributed by atoms with Gasteiger partial charge in [0.2, 0.25) is 5.89 Å². The van der Waals surface area contributed by atoms with Gasteiger partial charge < -0.3 is 9.52 Å². The quantitative estimate of drug-likeness (QED) is 0.864. The molecule has 0 amide bonds. The summed E-state index contributed by atoms with van der Waals surface area (Å²) in [5.41, 5.74) is 0. The van der Waals surface area contributed by atoms with Crippen LogP contribution in [0.1, 0.15) is 12.3 Å². The third kappa shape index (κ3) is 2.12. The van der Waals surface area contributed by atoms with Gasteiger partial charge in [-0.05, 0) is 23.9 Å². The molecule has 1 fully saturated rings. The van der Waals surface area contributed by atoms with Gasteiger partial charge in [0.05, 0.1) is 0 Å². The minimum atomic E-state index is -0.798. The molecule has 2 heterocycles. The van der Waals surface area contributed by atoms with E-state index in [0.29, 0.717) is 23.3 Å². The highest BCUT2D eigenvalue weighted by Crippen LogP contribution is 2.43. The molecule has 0 spiro atoms. The molecule has 0 bridgehead atoms. The van der Waals surface area contributed by atoms with Crippen LogP contribution in [0.3, 0.4) is 0 Å². The monoisotopic (exact) mass is 246 g/mol. The van der Waals surface area contributed by atoms with Crippen molar-refractivity contribution in [2.75, 3.05) is 11.5 Å². The van der Waals surface area contributed by atoms with Crippen LogP contribution in [-0.2, 0) is 4.79 Å². The van der Waals surface area contributed by atoms with Crippen LogP contribution in [0.2, 0.25) is 0 Å². The van der Waals surface area contributed by atoms with Crippen LogP contribution in [0.4, 0.5) is 0 Å². The van der Waals surface area contributed by atoms with Crippen molar-refractivity contribution >= 4 is 29.5 Å². The minimum absolute atomic E-state index is 0.345. The van der Waals surface area contributed by atoms with Crippen molar-refractivity contribution < 1.29 is 14.3 Å². The minimum Gasteiger partial charge on any atom is -0.480 e. The lowest BCUT2D eigenvalue weighted by atomic mass is 10.1. The zero-order chi connectivity index (χ0) is 10.9. The van der Waals surface area contributed by atoms with Crippen molar-refractivity contribution in [1.82, 2.24) is 10.2 Å². The standard InChI is InChI=1S/C8H10N2O3S2/c1-5-9-10-7(13-5)15-8(6(11)12)2-3-14-4-8/h2-4H2,1H3,(H,11,12). The van der Waals surface area contributed by atoms with Gasteiger partial charge in [-0.1, -0.05) is 0 Å². The van der Waals surface area contributed by atoms with E-state index in [0.717, 1.165) is 5.75 Å². The Morgan fingerprint density at radius 2 is 2.47 bits per heavy atom. The number of carbonyl (C=O) groups is 1. The van der Waals surface area contributed by atoms with Crippen LogP contribution in [0.25, 0.3) is 0 Å². The van der Waals surface area contributed by atoms with E-state index in [1.807, 2.05) is 0 Å². The Labute approximate surface area is 95.0 Å². The van der Waals surface area contributed by atoms with E-state index in [2.05, 4.69) is 10.2 Å². The Kier molecular flexibility index (Phi) is 2.92. The summed E-state index contributed by atoms with van der Waals surface area (Å²) in [5, 5.41) is 17.0. The Balaban J connectivity index is 2.17. The fraction of sp³-hybridized carbons (Fsp3) is 0.625. The van der Waals surface area contributed by atoms with Gasteiger partial charge >= 0.3 is 5.97 Å². The Bertz CT molecular complexity index is 374. The predicted molar refractivity (Wildman–Crippen MR) is 57.2 cm³/mol. The zero-order valence-corrected chi connectivity index (χ0v) is 9.73. The van der Waals surface area contributed by atoms with Crippen molar-refractivity contribution in [2.24, 2.45) is 0 Å². The summed E-state index contributed by atoms with van der Waals surface area (Å²) in [6.07, 6.45) is 0.638. The first-order chi connectivity index (χ1) is 7.12. The van der Waals surface area contributed by atoms with Crippen LogP contribution in [0.15, 0.2) is 9.64 Å². The van der Waals surface area contributed by atoms with Crippen molar-refractivity contribution in [3.63, 3.8) is 0 Å².